The summed E-state index contributed by atoms with van der Waals surface area (Å²) in [6.45, 7) is -0.770. The fourth-order valence-corrected chi connectivity index (χ4v) is 3.66. The highest BCUT2D eigenvalue weighted by molar-refractivity contribution is 6.67. The second-order valence-electron chi connectivity index (χ2n) is 9.06. The second-order valence-corrected chi connectivity index (χ2v) is 9.06. The lowest BCUT2D eigenvalue weighted by molar-refractivity contribution is -0.252. The van der Waals surface area contributed by atoms with Gasteiger partial charge in [0.2, 0.25) is 0 Å². The third kappa shape index (κ3) is 14.8. The van der Waals surface area contributed by atoms with Crippen LogP contribution in [0.1, 0.15) is 0 Å². The molecule has 0 atom stereocenters. The molecule has 0 unspecified atom stereocenters. The van der Waals surface area contributed by atoms with Gasteiger partial charge in [0.15, 0.2) is 0 Å². The van der Waals surface area contributed by atoms with Crippen molar-refractivity contribution in [2.45, 2.75) is 12.7 Å². The quantitative estimate of drug-likeness (QED) is 0.159. The minimum atomic E-state index is -5.08. The Hall–Kier alpha value is -4.01. The van der Waals surface area contributed by atoms with Crippen LogP contribution in [0.25, 0.3) is 22.3 Å². The van der Waals surface area contributed by atoms with Gasteiger partial charge in [-0.2, -0.15) is 13.2 Å². The lowest BCUT2D eigenvalue weighted by atomic mass is 9.62. The van der Waals surface area contributed by atoms with E-state index in [-0.39, 0.29) is 13.4 Å². The number of aliphatic hydroxyl groups is 1. The Balaban J connectivity index is 0.000000332. The Morgan fingerprint density at radius 2 is 1.04 bits per heavy atom. The Kier molecular flexibility index (Phi) is 18.9. The van der Waals surface area contributed by atoms with Gasteiger partial charge in [0.1, 0.15) is 0 Å². The van der Waals surface area contributed by atoms with Gasteiger partial charge in [0.25, 0.3) is 6.48 Å². The van der Waals surface area contributed by atoms with E-state index in [0.717, 1.165) is 22.2 Å². The summed E-state index contributed by atoms with van der Waals surface area (Å²) in [4.78, 5) is 8.90. The molecule has 4 rings (SSSR count). The number of aliphatic hydroxyl groups excluding tert-OH is 1. The van der Waals surface area contributed by atoms with Gasteiger partial charge in [-0.15, -0.1) is 0 Å². The monoisotopic (exact) mass is 644 g/mol. The number of carboxylic acid groups (broad SMARTS) is 1. The van der Waals surface area contributed by atoms with E-state index in [0.29, 0.717) is 5.46 Å². The molecule has 0 radical (unpaired) electrons. The summed E-state index contributed by atoms with van der Waals surface area (Å²) in [5.74, 6) is -2.76. The van der Waals surface area contributed by atoms with Crippen LogP contribution in [0.4, 0.5) is 13.2 Å². The highest BCUT2D eigenvalue weighted by atomic mass is 19.4. The number of hydrogen-bond acceptors (Lipinski definition) is 8. The van der Waals surface area contributed by atoms with E-state index in [9.17, 15) is 18.3 Å². The van der Waals surface area contributed by atoms with Gasteiger partial charge in [-0.1, -0.05) is 109 Å². The summed E-state index contributed by atoms with van der Waals surface area (Å²) in [5, 5.41) is 34.4. The minimum absolute atomic E-state index is 0.00522. The number of carbonyl (C=O) groups is 1. The van der Waals surface area contributed by atoms with E-state index in [2.05, 4.69) is 38.5 Å². The summed E-state index contributed by atoms with van der Waals surface area (Å²) >= 11 is 0. The van der Waals surface area contributed by atoms with E-state index in [4.69, 9.17) is 24.6 Å². The molecule has 4 aromatic rings. The zero-order valence-electron chi connectivity index (χ0n) is 25.8. The number of ether oxygens (including phenoxy) is 3. The number of rotatable bonds is 9. The number of halogens is 3. The van der Waals surface area contributed by atoms with E-state index in [1.807, 2.05) is 72.8 Å². The molecule has 0 aliphatic carbocycles. The number of carboxylic acids is 1. The molecule has 0 heterocycles. The number of hydrogen-bond donors (Lipinski definition) is 4. The van der Waals surface area contributed by atoms with Crippen LogP contribution in [0.2, 0.25) is 0 Å². The molecule has 0 saturated carbocycles. The minimum Gasteiger partial charge on any atom is -0.475 e. The van der Waals surface area contributed by atoms with Gasteiger partial charge < -0.3 is 39.1 Å². The van der Waals surface area contributed by atoms with Crippen molar-refractivity contribution in [1.82, 2.24) is 0 Å². The van der Waals surface area contributed by atoms with Crippen LogP contribution in [0.5, 0.6) is 0 Å². The van der Waals surface area contributed by atoms with E-state index in [1.165, 1.54) is 26.9 Å². The van der Waals surface area contributed by atoms with Crippen molar-refractivity contribution in [3.8, 4) is 22.3 Å². The number of aliphatic carboxylic acids is 1. The molecule has 4 N–H and O–H groups in total. The van der Waals surface area contributed by atoms with Gasteiger partial charge in [-0.05, 0) is 33.2 Å². The molecule has 14 heteroatoms. The van der Waals surface area contributed by atoms with E-state index in [1.54, 1.807) is 19.2 Å². The Bertz CT molecular complexity index is 1380. The fraction of sp³-hybridized carbons (Fsp3) is 0.219. The van der Waals surface area contributed by atoms with Crippen molar-refractivity contribution in [2.24, 2.45) is 0 Å². The maximum atomic E-state index is 10.6. The topological polar surface area (TPSA) is 135 Å². The Morgan fingerprint density at radius 1 is 0.674 bits per heavy atom. The number of methoxy groups -OCH3 is 3. The van der Waals surface area contributed by atoms with Crippen LogP contribution in [0, 0.1) is 0 Å². The van der Waals surface area contributed by atoms with Crippen LogP contribution < -0.4 is 10.9 Å². The lowest BCUT2D eigenvalue weighted by Gasteiger charge is -2.10. The Labute approximate surface area is 267 Å². The van der Waals surface area contributed by atoms with Gasteiger partial charge in [-0.3, -0.25) is 0 Å². The molecule has 0 aliphatic rings. The molecule has 0 amide bonds. The van der Waals surface area contributed by atoms with Crippen LogP contribution in [0.3, 0.4) is 0 Å². The third-order valence-corrected chi connectivity index (χ3v) is 5.93. The first kappa shape index (κ1) is 40.0. The second kappa shape index (κ2) is 21.7. The van der Waals surface area contributed by atoms with Crippen molar-refractivity contribution >= 4 is 30.9 Å². The van der Waals surface area contributed by atoms with Gasteiger partial charge in [0, 0.05) is 28.4 Å². The molecule has 4 aromatic carbocycles. The van der Waals surface area contributed by atoms with E-state index < -0.39 is 25.7 Å². The van der Waals surface area contributed by atoms with Crippen molar-refractivity contribution in [1.29, 1.82) is 0 Å². The third-order valence-electron chi connectivity index (χ3n) is 5.93. The first-order valence-electron chi connectivity index (χ1n) is 13.6. The van der Waals surface area contributed by atoms with Crippen molar-refractivity contribution in [2.75, 3.05) is 34.9 Å². The number of alkyl halides is 3. The van der Waals surface area contributed by atoms with Gasteiger partial charge >= 0.3 is 26.2 Å². The summed E-state index contributed by atoms with van der Waals surface area (Å²) in [6.07, 6.45) is -5.08. The highest BCUT2D eigenvalue weighted by Gasteiger charge is 2.38. The number of benzene rings is 4. The average Bonchev–Trinajstić information content (AvgIpc) is 3.07. The zero-order valence-corrected chi connectivity index (χ0v) is 25.8. The van der Waals surface area contributed by atoms with Crippen LogP contribution >= 0.6 is 0 Å². The first-order chi connectivity index (χ1) is 21.9. The van der Waals surface area contributed by atoms with Crippen molar-refractivity contribution < 1.29 is 57.1 Å². The molecule has 0 aromatic heterocycles. The van der Waals surface area contributed by atoms with Crippen LogP contribution in [-0.2, 0) is 23.7 Å². The molecule has 0 bridgehead atoms. The molecule has 246 valence electrons. The average molecular weight is 644 g/mol. The smallest absolute Gasteiger partial charge is 0.475 e. The normalized spacial score (nSPS) is 10.3. The highest BCUT2D eigenvalue weighted by Crippen LogP contribution is 2.18. The lowest BCUT2D eigenvalue weighted by Crippen LogP contribution is -2.36. The van der Waals surface area contributed by atoms with Gasteiger partial charge in [0.05, 0.1) is 6.51 Å². The molecule has 9 nitrogen and oxygen atoms in total. The SMILES string of the molecule is COB(CO)c1cccc(-c2ccccc2)c1.COC(OC)OC.O=C(O)C(F)(F)F.OB(O)c1cccc(-c2ccccc2)c1. The summed E-state index contributed by atoms with van der Waals surface area (Å²) in [5.41, 5.74) is 5.87. The summed E-state index contributed by atoms with van der Waals surface area (Å²) < 4.78 is 50.8. The maximum Gasteiger partial charge on any atom is 0.490 e. The molecule has 46 heavy (non-hydrogen) atoms. The predicted octanol–water partition coefficient (Wildman–Crippen LogP) is 3.61. The molecular formula is C32H37B2F3O9. The maximum absolute atomic E-state index is 10.6. The fourth-order valence-electron chi connectivity index (χ4n) is 3.66. The molecule has 0 spiro atoms. The molecule has 0 fully saturated rings. The van der Waals surface area contributed by atoms with Crippen LogP contribution in [0.15, 0.2) is 109 Å². The summed E-state index contributed by atoms with van der Waals surface area (Å²) in [7, 11) is 4.73. The predicted molar refractivity (Wildman–Crippen MR) is 172 cm³/mol. The first-order valence-corrected chi connectivity index (χ1v) is 13.6. The van der Waals surface area contributed by atoms with Crippen LogP contribution in [-0.4, -0.2) is 87.9 Å². The molecule has 0 saturated heterocycles. The summed E-state index contributed by atoms with van der Waals surface area (Å²) in [6, 6.07) is 35.3. The van der Waals surface area contributed by atoms with Gasteiger partial charge in [-0.25, -0.2) is 4.79 Å². The largest absolute Gasteiger partial charge is 0.490 e. The Morgan fingerprint density at radius 3 is 1.35 bits per heavy atom. The van der Waals surface area contributed by atoms with Crippen molar-refractivity contribution in [3.05, 3.63) is 109 Å². The van der Waals surface area contributed by atoms with Crippen molar-refractivity contribution in [3.63, 3.8) is 0 Å². The van der Waals surface area contributed by atoms with E-state index >= 15 is 0 Å². The standard InChI is InChI=1S/C14H15BO2.C12H11BO2.C4H10O3.C2HF3O2/c1-17-15(11-16)14-9-5-8-13(10-14)12-6-3-2-4-7-12;14-13(15)12-8-4-7-11(9-12)10-5-2-1-3-6-10;1-5-4(6-2)7-3;3-2(4,5)1(6)7/h2-10,16H,11H2,1H3;1-9,14-15H;4H,1-3H3;(H,6,7). The molecular weight excluding hydrogens is 607 g/mol. The molecule has 0 aliphatic heterocycles. The zero-order chi connectivity index (χ0) is 34.5.